The van der Waals surface area contributed by atoms with Gasteiger partial charge >= 0.3 is 0 Å². The summed E-state index contributed by atoms with van der Waals surface area (Å²) in [6.07, 6.45) is 1.48. The van der Waals surface area contributed by atoms with E-state index in [1.54, 1.807) is 60.7 Å². The molecule has 0 unspecified atom stereocenters. The zero-order chi connectivity index (χ0) is 20.5. The number of carbonyl (C=O) groups excluding carboxylic acids is 1. The number of benzene rings is 3. The smallest absolute Gasteiger partial charge is 0.261 e. The summed E-state index contributed by atoms with van der Waals surface area (Å²) >= 11 is 0. The summed E-state index contributed by atoms with van der Waals surface area (Å²) in [4.78, 5) is 12.2. The number of nitrogens with one attached hydrogen (secondary N) is 1. The highest BCUT2D eigenvalue weighted by atomic mass is 19.1. The van der Waals surface area contributed by atoms with E-state index in [0.717, 1.165) is 11.1 Å². The van der Waals surface area contributed by atoms with Gasteiger partial charge in [0.2, 0.25) is 0 Å². The largest absolute Gasteiger partial charge is 0.489 e. The zero-order valence-electron chi connectivity index (χ0n) is 15.5. The summed E-state index contributed by atoms with van der Waals surface area (Å²) in [5.41, 5.74) is 4.49. The maximum atomic E-state index is 13.2. The molecule has 6 heteroatoms. The number of rotatable bonds is 7. The predicted octanol–water partition coefficient (Wildman–Crippen LogP) is 4.16. The van der Waals surface area contributed by atoms with Crippen molar-refractivity contribution >= 4 is 12.1 Å². The van der Waals surface area contributed by atoms with Crippen LogP contribution in [0, 0.1) is 17.1 Å². The normalized spacial score (nSPS) is 11.6. The van der Waals surface area contributed by atoms with Crippen molar-refractivity contribution in [3.8, 4) is 11.8 Å². The first-order valence-electron chi connectivity index (χ1n) is 8.90. The first kappa shape index (κ1) is 19.8. The van der Waals surface area contributed by atoms with Crippen LogP contribution in [0.3, 0.4) is 0 Å². The molecule has 144 valence electrons. The van der Waals surface area contributed by atoms with Crippen molar-refractivity contribution in [3.63, 3.8) is 0 Å². The fourth-order valence-electron chi connectivity index (χ4n) is 2.61. The van der Waals surface area contributed by atoms with Crippen LogP contribution in [-0.2, 0) is 11.4 Å². The second-order valence-corrected chi connectivity index (χ2v) is 6.19. The van der Waals surface area contributed by atoms with Gasteiger partial charge in [-0.1, -0.05) is 42.5 Å². The molecule has 0 aliphatic heterocycles. The van der Waals surface area contributed by atoms with Crippen LogP contribution in [0.4, 0.5) is 4.39 Å². The number of hydrogen-bond acceptors (Lipinski definition) is 4. The Hall–Kier alpha value is -3.98. The molecule has 1 N–H and O–H groups in total. The molecule has 0 aromatic heterocycles. The Kier molecular flexibility index (Phi) is 6.69. The molecule has 0 spiro atoms. The van der Waals surface area contributed by atoms with Gasteiger partial charge in [-0.3, -0.25) is 4.79 Å². The molecular formula is C23H18FN3O2. The SMILES string of the molecule is N#C[C@H](C(=O)N/N=C\c1ccc(OCc2cccc(F)c2)cc1)c1ccccc1. The molecule has 3 aromatic rings. The standard InChI is InChI=1S/C23H18FN3O2/c24-20-8-4-5-18(13-20)16-29-21-11-9-17(10-12-21)15-26-27-23(28)22(14-25)19-6-2-1-3-7-19/h1-13,15,22H,16H2,(H,27,28)/b26-15-/t22-/m0/s1. The predicted molar refractivity (Wildman–Crippen MR) is 108 cm³/mol. The number of halogens is 1. The number of amides is 1. The summed E-state index contributed by atoms with van der Waals surface area (Å²) in [7, 11) is 0. The molecule has 0 bridgehead atoms. The molecule has 0 saturated carbocycles. The molecule has 0 aliphatic rings. The topological polar surface area (TPSA) is 74.5 Å². The Labute approximate surface area is 168 Å². The van der Waals surface area contributed by atoms with Crippen molar-refractivity contribution in [1.29, 1.82) is 5.26 Å². The maximum Gasteiger partial charge on any atom is 0.261 e. The maximum absolute atomic E-state index is 13.2. The third kappa shape index (κ3) is 5.75. The van der Waals surface area contributed by atoms with Crippen molar-refractivity contribution in [3.05, 3.63) is 101 Å². The number of nitriles is 1. The molecule has 0 fully saturated rings. The Morgan fingerprint density at radius 3 is 2.55 bits per heavy atom. The molecular weight excluding hydrogens is 369 g/mol. The quantitative estimate of drug-likeness (QED) is 0.489. The van der Waals surface area contributed by atoms with Crippen LogP contribution in [0.1, 0.15) is 22.6 Å². The second kappa shape index (κ2) is 9.81. The van der Waals surface area contributed by atoms with E-state index in [4.69, 9.17) is 4.74 Å². The zero-order valence-corrected chi connectivity index (χ0v) is 15.5. The van der Waals surface area contributed by atoms with Crippen LogP contribution in [0.2, 0.25) is 0 Å². The summed E-state index contributed by atoms with van der Waals surface area (Å²) in [5, 5.41) is 13.2. The minimum absolute atomic E-state index is 0.260. The number of hydrazone groups is 1. The van der Waals surface area contributed by atoms with E-state index < -0.39 is 11.8 Å². The van der Waals surface area contributed by atoms with Crippen LogP contribution >= 0.6 is 0 Å². The third-order valence-electron chi connectivity index (χ3n) is 4.09. The minimum atomic E-state index is -0.924. The van der Waals surface area contributed by atoms with E-state index in [1.165, 1.54) is 18.3 Å². The lowest BCUT2D eigenvalue weighted by molar-refractivity contribution is -0.121. The highest BCUT2D eigenvalue weighted by molar-refractivity contribution is 5.88. The second-order valence-electron chi connectivity index (χ2n) is 6.19. The molecule has 0 saturated heterocycles. The monoisotopic (exact) mass is 387 g/mol. The lowest BCUT2D eigenvalue weighted by atomic mass is 10.0. The molecule has 1 atom stereocenters. The van der Waals surface area contributed by atoms with E-state index in [0.29, 0.717) is 11.3 Å². The van der Waals surface area contributed by atoms with Gasteiger partial charge in [0.1, 0.15) is 18.2 Å². The van der Waals surface area contributed by atoms with Gasteiger partial charge in [-0.15, -0.1) is 0 Å². The highest BCUT2D eigenvalue weighted by Crippen LogP contribution is 2.15. The highest BCUT2D eigenvalue weighted by Gasteiger charge is 2.19. The van der Waals surface area contributed by atoms with Crippen LogP contribution in [0.25, 0.3) is 0 Å². The van der Waals surface area contributed by atoms with Crippen molar-refractivity contribution in [1.82, 2.24) is 5.43 Å². The molecule has 3 aromatic carbocycles. The van der Waals surface area contributed by atoms with Crippen LogP contribution in [-0.4, -0.2) is 12.1 Å². The fourth-order valence-corrected chi connectivity index (χ4v) is 2.61. The average molecular weight is 387 g/mol. The average Bonchev–Trinajstić information content (AvgIpc) is 2.74. The first-order chi connectivity index (χ1) is 14.2. The summed E-state index contributed by atoms with van der Waals surface area (Å²) in [6, 6.07) is 24.1. The Morgan fingerprint density at radius 2 is 1.86 bits per heavy atom. The van der Waals surface area contributed by atoms with Crippen molar-refractivity contribution in [2.75, 3.05) is 0 Å². The van der Waals surface area contributed by atoms with E-state index in [-0.39, 0.29) is 12.4 Å². The van der Waals surface area contributed by atoms with Gasteiger partial charge in [0.25, 0.3) is 5.91 Å². The van der Waals surface area contributed by atoms with Crippen LogP contribution in [0.5, 0.6) is 5.75 Å². The minimum Gasteiger partial charge on any atom is -0.489 e. The van der Waals surface area contributed by atoms with Gasteiger partial charge in [-0.25, -0.2) is 9.82 Å². The van der Waals surface area contributed by atoms with Gasteiger partial charge in [-0.05, 0) is 53.1 Å². The van der Waals surface area contributed by atoms with Gasteiger partial charge in [0.15, 0.2) is 5.92 Å². The summed E-state index contributed by atoms with van der Waals surface area (Å²) in [6.45, 7) is 0.260. The van der Waals surface area contributed by atoms with Crippen molar-refractivity contribution in [2.45, 2.75) is 12.5 Å². The van der Waals surface area contributed by atoms with E-state index in [1.807, 2.05) is 12.1 Å². The number of ether oxygens (including phenoxy) is 1. The van der Waals surface area contributed by atoms with E-state index in [9.17, 15) is 14.4 Å². The van der Waals surface area contributed by atoms with Crippen LogP contribution < -0.4 is 10.2 Å². The van der Waals surface area contributed by atoms with Gasteiger partial charge in [0, 0.05) is 0 Å². The van der Waals surface area contributed by atoms with Crippen molar-refractivity contribution < 1.29 is 13.9 Å². The molecule has 3 rings (SSSR count). The molecule has 0 aliphatic carbocycles. The molecule has 29 heavy (non-hydrogen) atoms. The summed E-state index contributed by atoms with van der Waals surface area (Å²) < 4.78 is 18.8. The number of carbonyl (C=O) groups is 1. The fraction of sp³-hybridized carbons (Fsp3) is 0.0870. The molecule has 0 radical (unpaired) electrons. The number of nitrogens with zero attached hydrogens (tertiary/aromatic N) is 2. The Bertz CT molecular complexity index is 1030. The third-order valence-corrected chi connectivity index (χ3v) is 4.09. The number of hydrogen-bond donors (Lipinski definition) is 1. The Balaban J connectivity index is 1.53. The van der Waals surface area contributed by atoms with Gasteiger partial charge in [0.05, 0.1) is 12.3 Å². The van der Waals surface area contributed by atoms with E-state index in [2.05, 4.69) is 10.5 Å². The lowest BCUT2D eigenvalue weighted by Crippen LogP contribution is -2.24. The van der Waals surface area contributed by atoms with Gasteiger partial charge < -0.3 is 4.74 Å². The van der Waals surface area contributed by atoms with Crippen LogP contribution in [0.15, 0.2) is 84.0 Å². The summed E-state index contributed by atoms with van der Waals surface area (Å²) in [5.74, 6) is -1.09. The molecule has 1 amide bonds. The first-order valence-corrected chi connectivity index (χ1v) is 8.90. The molecule has 5 nitrogen and oxygen atoms in total. The van der Waals surface area contributed by atoms with E-state index >= 15 is 0 Å². The lowest BCUT2D eigenvalue weighted by Gasteiger charge is -2.07. The van der Waals surface area contributed by atoms with Gasteiger partial charge in [-0.2, -0.15) is 10.4 Å². The molecule has 0 heterocycles. The van der Waals surface area contributed by atoms with Crippen molar-refractivity contribution in [2.24, 2.45) is 5.10 Å². The Morgan fingerprint density at radius 1 is 1.10 bits per heavy atom.